The van der Waals surface area contributed by atoms with E-state index in [1.807, 2.05) is 18.2 Å². The number of methoxy groups -OCH3 is 1. The number of halogens is 1. The van der Waals surface area contributed by atoms with E-state index in [4.69, 9.17) is 4.74 Å². The van der Waals surface area contributed by atoms with Gasteiger partial charge in [-0.2, -0.15) is 0 Å². The second kappa shape index (κ2) is 7.02. The smallest absolute Gasteiger partial charge is 0.133 e. The molecule has 1 atom stereocenters. The lowest BCUT2D eigenvalue weighted by Crippen LogP contribution is -1.99. The van der Waals surface area contributed by atoms with E-state index < -0.39 is 0 Å². The molecule has 1 aromatic carbocycles. The third-order valence-electron chi connectivity index (χ3n) is 2.82. The first-order chi connectivity index (χ1) is 8.04. The van der Waals surface area contributed by atoms with Gasteiger partial charge in [-0.3, -0.25) is 0 Å². The van der Waals surface area contributed by atoms with Gasteiger partial charge >= 0.3 is 0 Å². The Balaban J connectivity index is 2.57. The maximum Gasteiger partial charge on any atom is 0.133 e. The Morgan fingerprint density at radius 1 is 1.29 bits per heavy atom. The molecule has 0 saturated carbocycles. The molecule has 0 bridgehead atoms. The van der Waals surface area contributed by atoms with E-state index in [1.165, 1.54) is 0 Å². The van der Waals surface area contributed by atoms with E-state index in [9.17, 15) is 5.11 Å². The molecule has 0 saturated heterocycles. The number of benzene rings is 1. The van der Waals surface area contributed by atoms with Crippen molar-refractivity contribution in [2.24, 2.45) is 5.92 Å². The van der Waals surface area contributed by atoms with Crippen LogP contribution < -0.4 is 4.74 Å². The van der Waals surface area contributed by atoms with Crippen LogP contribution in [0.4, 0.5) is 0 Å². The van der Waals surface area contributed by atoms with Gasteiger partial charge in [0.25, 0.3) is 0 Å². The summed E-state index contributed by atoms with van der Waals surface area (Å²) in [6, 6.07) is 5.73. The lowest BCUT2D eigenvalue weighted by molar-refractivity contribution is 0.162. The highest BCUT2D eigenvalue weighted by molar-refractivity contribution is 9.10. The number of hydrogen-bond donors (Lipinski definition) is 1. The molecule has 0 heterocycles. The quantitative estimate of drug-likeness (QED) is 0.848. The maximum absolute atomic E-state index is 10.1. The molecule has 0 aliphatic carbocycles. The van der Waals surface area contributed by atoms with Crippen molar-refractivity contribution in [1.82, 2.24) is 0 Å². The van der Waals surface area contributed by atoms with Crippen LogP contribution in [0.3, 0.4) is 0 Å². The standard InChI is InChI=1S/C14H21BrO2/c1-10(2)5-4-6-13(16)11-7-8-14(17-3)12(15)9-11/h7-10,13,16H,4-6H2,1-3H3. The van der Waals surface area contributed by atoms with Gasteiger partial charge in [0.15, 0.2) is 0 Å². The summed E-state index contributed by atoms with van der Waals surface area (Å²) < 4.78 is 6.05. The summed E-state index contributed by atoms with van der Waals surface area (Å²) in [7, 11) is 1.64. The Bertz CT molecular complexity index is 350. The first kappa shape index (κ1) is 14.5. The molecule has 1 aromatic rings. The van der Waals surface area contributed by atoms with Crippen molar-refractivity contribution in [3.63, 3.8) is 0 Å². The van der Waals surface area contributed by atoms with E-state index in [-0.39, 0.29) is 6.10 Å². The van der Waals surface area contributed by atoms with E-state index >= 15 is 0 Å². The number of aliphatic hydroxyl groups excluding tert-OH is 1. The molecule has 2 nitrogen and oxygen atoms in total. The number of ether oxygens (including phenoxy) is 1. The van der Waals surface area contributed by atoms with Crippen LogP contribution in [0.5, 0.6) is 5.75 Å². The van der Waals surface area contributed by atoms with Crippen molar-refractivity contribution in [1.29, 1.82) is 0 Å². The monoisotopic (exact) mass is 300 g/mol. The lowest BCUT2D eigenvalue weighted by atomic mass is 10.00. The van der Waals surface area contributed by atoms with Gasteiger partial charge in [-0.15, -0.1) is 0 Å². The fraction of sp³-hybridized carbons (Fsp3) is 0.571. The predicted octanol–water partition coefficient (Wildman–Crippen LogP) is 4.32. The molecule has 0 aromatic heterocycles. The van der Waals surface area contributed by atoms with Crippen LogP contribution in [0.15, 0.2) is 22.7 Å². The van der Waals surface area contributed by atoms with Crippen LogP contribution in [0.25, 0.3) is 0 Å². The molecule has 0 aliphatic heterocycles. The number of aliphatic hydroxyl groups is 1. The van der Waals surface area contributed by atoms with Gasteiger partial charge in [0.05, 0.1) is 17.7 Å². The minimum atomic E-state index is -0.379. The van der Waals surface area contributed by atoms with Crippen LogP contribution >= 0.6 is 15.9 Å². The van der Waals surface area contributed by atoms with E-state index in [1.54, 1.807) is 7.11 Å². The predicted molar refractivity (Wildman–Crippen MR) is 74.3 cm³/mol. The van der Waals surface area contributed by atoms with Gasteiger partial charge in [-0.25, -0.2) is 0 Å². The average molecular weight is 301 g/mol. The molecule has 1 N–H and O–H groups in total. The molecule has 0 spiro atoms. The summed E-state index contributed by atoms with van der Waals surface area (Å²) in [5.41, 5.74) is 0.946. The summed E-state index contributed by atoms with van der Waals surface area (Å²) in [5.74, 6) is 1.49. The van der Waals surface area contributed by atoms with Gasteiger partial charge in [0.2, 0.25) is 0 Å². The van der Waals surface area contributed by atoms with Crippen LogP contribution in [-0.2, 0) is 0 Å². The van der Waals surface area contributed by atoms with Crippen molar-refractivity contribution in [3.05, 3.63) is 28.2 Å². The molecule has 1 rings (SSSR count). The Morgan fingerprint density at radius 2 is 2.00 bits per heavy atom. The molecular formula is C14H21BrO2. The van der Waals surface area contributed by atoms with Gasteiger partial charge < -0.3 is 9.84 Å². The highest BCUT2D eigenvalue weighted by atomic mass is 79.9. The minimum Gasteiger partial charge on any atom is -0.496 e. The molecule has 0 aliphatic rings. The van der Waals surface area contributed by atoms with Gasteiger partial charge in [-0.05, 0) is 46.0 Å². The molecule has 0 radical (unpaired) electrons. The van der Waals surface area contributed by atoms with Crippen LogP contribution in [0.1, 0.15) is 44.8 Å². The van der Waals surface area contributed by atoms with Crippen molar-refractivity contribution in [2.75, 3.05) is 7.11 Å². The molecule has 96 valence electrons. The highest BCUT2D eigenvalue weighted by Gasteiger charge is 2.10. The summed E-state index contributed by atoms with van der Waals surface area (Å²) in [5, 5.41) is 10.1. The molecule has 1 unspecified atom stereocenters. The van der Waals surface area contributed by atoms with Crippen LogP contribution in [0, 0.1) is 5.92 Å². The summed E-state index contributed by atoms with van der Waals surface area (Å²) >= 11 is 3.43. The Hall–Kier alpha value is -0.540. The molecular weight excluding hydrogens is 280 g/mol. The first-order valence-electron chi connectivity index (χ1n) is 6.06. The van der Waals surface area contributed by atoms with Crippen molar-refractivity contribution < 1.29 is 9.84 Å². The van der Waals surface area contributed by atoms with Crippen molar-refractivity contribution in [2.45, 2.75) is 39.2 Å². The molecule has 17 heavy (non-hydrogen) atoms. The first-order valence-corrected chi connectivity index (χ1v) is 6.85. The third-order valence-corrected chi connectivity index (χ3v) is 3.44. The zero-order valence-corrected chi connectivity index (χ0v) is 12.3. The van der Waals surface area contributed by atoms with Crippen molar-refractivity contribution in [3.8, 4) is 5.75 Å². The average Bonchev–Trinajstić information content (AvgIpc) is 2.28. The van der Waals surface area contributed by atoms with E-state index in [0.717, 1.165) is 35.0 Å². The SMILES string of the molecule is COc1ccc(C(O)CCCC(C)C)cc1Br. The molecule has 0 fully saturated rings. The van der Waals surface area contributed by atoms with Crippen molar-refractivity contribution >= 4 is 15.9 Å². The Kier molecular flexibility index (Phi) is 6.00. The van der Waals surface area contributed by atoms with Crippen LogP contribution in [0.2, 0.25) is 0 Å². The zero-order chi connectivity index (χ0) is 12.8. The fourth-order valence-electron chi connectivity index (χ4n) is 1.78. The molecule has 3 heteroatoms. The number of rotatable bonds is 6. The minimum absolute atomic E-state index is 0.379. The largest absolute Gasteiger partial charge is 0.496 e. The maximum atomic E-state index is 10.1. The van der Waals surface area contributed by atoms with Gasteiger partial charge in [-0.1, -0.05) is 32.8 Å². The molecule has 0 amide bonds. The van der Waals surface area contributed by atoms with Gasteiger partial charge in [0, 0.05) is 0 Å². The topological polar surface area (TPSA) is 29.5 Å². The third kappa shape index (κ3) is 4.68. The fourth-order valence-corrected chi connectivity index (χ4v) is 2.33. The van der Waals surface area contributed by atoms with E-state index in [0.29, 0.717) is 5.92 Å². The second-order valence-corrected chi connectivity index (χ2v) is 5.59. The van der Waals surface area contributed by atoms with Crippen LogP contribution in [-0.4, -0.2) is 12.2 Å². The summed E-state index contributed by atoms with van der Waals surface area (Å²) in [6.45, 7) is 4.41. The highest BCUT2D eigenvalue weighted by Crippen LogP contribution is 2.29. The van der Waals surface area contributed by atoms with E-state index in [2.05, 4.69) is 29.8 Å². The lowest BCUT2D eigenvalue weighted by Gasteiger charge is -2.13. The Labute approximate surface area is 112 Å². The normalized spacial score (nSPS) is 12.8. The summed E-state index contributed by atoms with van der Waals surface area (Å²) in [4.78, 5) is 0. The Morgan fingerprint density at radius 3 is 2.53 bits per heavy atom. The van der Waals surface area contributed by atoms with Gasteiger partial charge in [0.1, 0.15) is 5.75 Å². The zero-order valence-electron chi connectivity index (χ0n) is 10.7. The number of hydrogen-bond acceptors (Lipinski definition) is 2. The summed E-state index contributed by atoms with van der Waals surface area (Å²) in [6.07, 6.45) is 2.66. The second-order valence-electron chi connectivity index (χ2n) is 4.73.